The molecule has 25 heavy (non-hydrogen) atoms. The van der Waals surface area contributed by atoms with Crippen molar-refractivity contribution in [2.75, 3.05) is 21.3 Å². The minimum Gasteiger partial charge on any atom is -0.496 e. The third-order valence-electron chi connectivity index (χ3n) is 3.53. The van der Waals surface area contributed by atoms with Gasteiger partial charge >= 0.3 is 0 Å². The number of hydrazone groups is 1. The maximum Gasteiger partial charge on any atom is 0.261 e. The summed E-state index contributed by atoms with van der Waals surface area (Å²) < 4.78 is 17.5. The molecule has 1 N–H and O–H groups in total. The molecular formula is C17H22N4O4. The van der Waals surface area contributed by atoms with E-state index >= 15 is 0 Å². The second-order valence-corrected chi connectivity index (χ2v) is 5.32. The van der Waals surface area contributed by atoms with Crippen molar-refractivity contribution in [3.63, 3.8) is 0 Å². The van der Waals surface area contributed by atoms with Gasteiger partial charge in [0, 0.05) is 17.8 Å². The molecule has 8 heteroatoms. The summed E-state index contributed by atoms with van der Waals surface area (Å²) in [5, 5.41) is 8.22. The molecule has 0 unspecified atom stereocenters. The highest BCUT2D eigenvalue weighted by Crippen LogP contribution is 2.32. The Bertz CT molecular complexity index is 758. The molecule has 0 aliphatic heterocycles. The minimum absolute atomic E-state index is 0.0912. The lowest BCUT2D eigenvalue weighted by Crippen LogP contribution is -2.24. The molecule has 1 heterocycles. The van der Waals surface area contributed by atoms with Gasteiger partial charge in [-0.15, -0.1) is 0 Å². The van der Waals surface area contributed by atoms with Gasteiger partial charge in [0.15, 0.2) is 0 Å². The first-order chi connectivity index (χ1) is 12.0. The maximum absolute atomic E-state index is 12.0. The largest absolute Gasteiger partial charge is 0.496 e. The molecule has 1 aromatic heterocycles. The van der Waals surface area contributed by atoms with E-state index in [1.54, 1.807) is 23.9 Å². The molecule has 0 atom stereocenters. The number of methoxy groups -OCH3 is 3. The third-order valence-corrected chi connectivity index (χ3v) is 3.53. The molecule has 1 amide bonds. The Morgan fingerprint density at radius 3 is 2.28 bits per heavy atom. The van der Waals surface area contributed by atoms with Crippen molar-refractivity contribution in [3.05, 3.63) is 35.2 Å². The van der Waals surface area contributed by atoms with Gasteiger partial charge in [-0.3, -0.25) is 9.48 Å². The summed E-state index contributed by atoms with van der Waals surface area (Å²) in [5.41, 5.74) is 4.84. The number of aryl methyl sites for hydroxylation is 2. The first-order valence-corrected chi connectivity index (χ1v) is 7.61. The number of hydrogen-bond acceptors (Lipinski definition) is 6. The third kappa shape index (κ3) is 4.50. The van der Waals surface area contributed by atoms with Gasteiger partial charge in [0.1, 0.15) is 23.8 Å². The summed E-state index contributed by atoms with van der Waals surface area (Å²) in [7, 11) is 4.63. The molecule has 0 aliphatic rings. The summed E-state index contributed by atoms with van der Waals surface area (Å²) in [6.45, 7) is 3.86. The highest BCUT2D eigenvalue weighted by atomic mass is 16.5. The highest BCUT2D eigenvalue weighted by molar-refractivity contribution is 5.89. The molecule has 2 rings (SSSR count). The van der Waals surface area contributed by atoms with Crippen LogP contribution in [0.4, 0.5) is 0 Å². The van der Waals surface area contributed by atoms with Crippen LogP contribution >= 0.6 is 0 Å². The molecule has 134 valence electrons. The number of carbonyl (C=O) groups is 1. The van der Waals surface area contributed by atoms with E-state index < -0.39 is 0 Å². The molecule has 0 spiro atoms. The van der Waals surface area contributed by atoms with Gasteiger partial charge in [0.2, 0.25) is 0 Å². The van der Waals surface area contributed by atoms with E-state index in [1.807, 2.05) is 19.9 Å². The van der Waals surface area contributed by atoms with Crippen LogP contribution in [0.2, 0.25) is 0 Å². The van der Waals surface area contributed by atoms with Gasteiger partial charge in [-0.25, -0.2) is 5.43 Å². The zero-order valence-corrected chi connectivity index (χ0v) is 15.0. The highest BCUT2D eigenvalue weighted by Gasteiger charge is 2.12. The van der Waals surface area contributed by atoms with E-state index in [4.69, 9.17) is 14.2 Å². The number of amides is 1. The molecule has 0 fully saturated rings. The first-order valence-electron chi connectivity index (χ1n) is 7.61. The molecule has 1 aromatic carbocycles. The van der Waals surface area contributed by atoms with Crippen LogP contribution < -0.4 is 19.6 Å². The summed E-state index contributed by atoms with van der Waals surface area (Å²) in [6, 6.07) is 5.33. The Labute approximate surface area is 146 Å². The maximum atomic E-state index is 12.0. The summed E-state index contributed by atoms with van der Waals surface area (Å²) >= 11 is 0. The average Bonchev–Trinajstić information content (AvgIpc) is 2.91. The first kappa shape index (κ1) is 18.3. The van der Waals surface area contributed by atoms with E-state index in [2.05, 4.69) is 15.6 Å². The molecule has 0 saturated heterocycles. The molecule has 0 aliphatic carbocycles. The van der Waals surface area contributed by atoms with Gasteiger partial charge in [0.05, 0.1) is 38.8 Å². The summed E-state index contributed by atoms with van der Waals surface area (Å²) in [5.74, 6) is 1.36. The predicted octanol–water partition coefficient (Wildman–Crippen LogP) is 1.68. The number of aromatic nitrogens is 2. The number of hydrogen-bond donors (Lipinski definition) is 1. The van der Waals surface area contributed by atoms with Crippen LogP contribution in [0.25, 0.3) is 0 Å². The fraction of sp³-hybridized carbons (Fsp3) is 0.353. The van der Waals surface area contributed by atoms with Crippen LogP contribution in [0, 0.1) is 13.8 Å². The molecule has 0 bridgehead atoms. The zero-order valence-electron chi connectivity index (χ0n) is 15.0. The number of nitrogens with one attached hydrogen (secondary N) is 1. The normalized spacial score (nSPS) is 10.8. The van der Waals surface area contributed by atoms with E-state index in [9.17, 15) is 4.79 Å². The lowest BCUT2D eigenvalue weighted by Gasteiger charge is -2.12. The van der Waals surface area contributed by atoms with Gasteiger partial charge in [-0.1, -0.05) is 0 Å². The van der Waals surface area contributed by atoms with Crippen molar-refractivity contribution in [1.82, 2.24) is 15.2 Å². The Hall–Kier alpha value is -3.03. The number of benzene rings is 1. The van der Waals surface area contributed by atoms with Crippen LogP contribution in [0.1, 0.15) is 17.0 Å². The molecule has 8 nitrogen and oxygen atoms in total. The van der Waals surface area contributed by atoms with Crippen molar-refractivity contribution in [1.29, 1.82) is 0 Å². The lowest BCUT2D eigenvalue weighted by atomic mass is 10.2. The van der Waals surface area contributed by atoms with Crippen LogP contribution in [0.5, 0.6) is 17.2 Å². The number of ether oxygens (including phenoxy) is 3. The lowest BCUT2D eigenvalue weighted by molar-refractivity contribution is -0.121. The van der Waals surface area contributed by atoms with Gasteiger partial charge in [0.25, 0.3) is 5.91 Å². The molecule has 2 aromatic rings. The Morgan fingerprint density at radius 2 is 1.80 bits per heavy atom. The summed E-state index contributed by atoms with van der Waals surface area (Å²) in [6.07, 6.45) is 1.47. The number of nitrogens with zero attached hydrogens (tertiary/aromatic N) is 3. The Kier molecular flexibility index (Phi) is 5.99. The Balaban J connectivity index is 2.11. The van der Waals surface area contributed by atoms with Gasteiger partial charge < -0.3 is 14.2 Å². The second-order valence-electron chi connectivity index (χ2n) is 5.32. The molecular weight excluding hydrogens is 324 g/mol. The average molecular weight is 346 g/mol. The quantitative estimate of drug-likeness (QED) is 0.609. The van der Waals surface area contributed by atoms with E-state index in [1.165, 1.54) is 20.4 Å². The summed E-state index contributed by atoms with van der Waals surface area (Å²) in [4.78, 5) is 12.0. The standard InChI is InChI=1S/C17H22N4O4/c1-11-6-12(2)21(20-11)10-17(22)19-18-9-14-15(24-4)7-13(23-3)8-16(14)25-5/h6-9H,10H2,1-5H3,(H,19,22)/b18-9-. The van der Waals surface area contributed by atoms with Crippen molar-refractivity contribution in [2.24, 2.45) is 5.10 Å². The molecule has 0 radical (unpaired) electrons. The van der Waals surface area contributed by atoms with Crippen molar-refractivity contribution in [2.45, 2.75) is 20.4 Å². The monoisotopic (exact) mass is 346 g/mol. The number of carbonyl (C=O) groups excluding carboxylic acids is 1. The SMILES string of the molecule is COc1cc(OC)c(/C=N\NC(=O)Cn2nc(C)cc2C)c(OC)c1. The Morgan fingerprint density at radius 1 is 1.16 bits per heavy atom. The van der Waals surface area contributed by atoms with Crippen LogP contribution in [0.15, 0.2) is 23.3 Å². The predicted molar refractivity (Wildman–Crippen MR) is 93.5 cm³/mol. The number of rotatable bonds is 7. The minimum atomic E-state index is -0.283. The van der Waals surface area contributed by atoms with Crippen molar-refractivity contribution in [3.8, 4) is 17.2 Å². The van der Waals surface area contributed by atoms with Crippen molar-refractivity contribution >= 4 is 12.1 Å². The topological polar surface area (TPSA) is 87.0 Å². The van der Waals surface area contributed by atoms with E-state index in [-0.39, 0.29) is 12.5 Å². The fourth-order valence-corrected chi connectivity index (χ4v) is 2.34. The van der Waals surface area contributed by atoms with Crippen LogP contribution in [0.3, 0.4) is 0 Å². The molecule has 0 saturated carbocycles. The fourth-order valence-electron chi connectivity index (χ4n) is 2.34. The van der Waals surface area contributed by atoms with Crippen LogP contribution in [-0.4, -0.2) is 43.2 Å². The smallest absolute Gasteiger partial charge is 0.261 e. The second kappa shape index (κ2) is 8.18. The van der Waals surface area contributed by atoms with Crippen molar-refractivity contribution < 1.29 is 19.0 Å². The van der Waals surface area contributed by atoms with E-state index in [0.717, 1.165) is 11.4 Å². The van der Waals surface area contributed by atoms with Gasteiger partial charge in [-0.05, 0) is 19.9 Å². The zero-order chi connectivity index (χ0) is 18.4. The van der Waals surface area contributed by atoms with Crippen LogP contribution in [-0.2, 0) is 11.3 Å². The van der Waals surface area contributed by atoms with E-state index in [0.29, 0.717) is 22.8 Å². The van der Waals surface area contributed by atoms with Gasteiger partial charge in [-0.2, -0.15) is 10.2 Å².